The third-order valence-corrected chi connectivity index (χ3v) is 3.17. The highest BCUT2D eigenvalue weighted by molar-refractivity contribution is 6.31. The molecule has 3 rings (SSSR count). The van der Waals surface area contributed by atoms with Gasteiger partial charge >= 0.3 is 0 Å². The number of hydrogen-bond acceptors (Lipinski definition) is 0. The van der Waals surface area contributed by atoms with Gasteiger partial charge in [-0.25, -0.2) is 0 Å². The van der Waals surface area contributed by atoms with Crippen molar-refractivity contribution in [2.45, 2.75) is 12.8 Å². The minimum absolute atomic E-state index is 0.814. The van der Waals surface area contributed by atoms with Gasteiger partial charge in [0.25, 0.3) is 0 Å². The predicted molar refractivity (Wildman–Crippen MR) is 66.3 cm³/mol. The smallest absolute Gasteiger partial charge is 0.0412 e. The average Bonchev–Trinajstić information content (AvgIpc) is 2.26. The zero-order valence-corrected chi connectivity index (χ0v) is 9.09. The Morgan fingerprint density at radius 3 is 2.87 bits per heavy atom. The van der Waals surface area contributed by atoms with Crippen molar-refractivity contribution < 1.29 is 0 Å². The number of halogens is 1. The Morgan fingerprint density at radius 2 is 1.93 bits per heavy atom. The average molecular weight is 215 g/mol. The second-order valence-corrected chi connectivity index (χ2v) is 4.42. The molecule has 0 aliphatic heterocycles. The van der Waals surface area contributed by atoms with Crippen LogP contribution in [0.2, 0.25) is 5.02 Å². The number of fused-ring (bicyclic) bond motifs is 2. The van der Waals surface area contributed by atoms with Gasteiger partial charge in [0, 0.05) is 5.02 Å². The molecule has 2 aromatic rings. The fraction of sp³-hybridized carbons (Fsp3) is 0.143. The van der Waals surface area contributed by atoms with Crippen molar-refractivity contribution in [3.63, 3.8) is 0 Å². The lowest BCUT2D eigenvalue weighted by Crippen LogP contribution is -1.93. The largest absolute Gasteiger partial charge is 0.0843 e. The Morgan fingerprint density at radius 1 is 1.00 bits per heavy atom. The fourth-order valence-electron chi connectivity index (χ4n) is 2.15. The third kappa shape index (κ3) is 1.55. The van der Waals surface area contributed by atoms with Crippen molar-refractivity contribution in [2.75, 3.05) is 0 Å². The standard InChI is InChI=1S/C14H11Cl/c15-14-6-5-12-7-10-3-1-2-4-11(10)8-13(12)9-14/h1,3,5-9H,2,4H2. The van der Waals surface area contributed by atoms with Crippen molar-refractivity contribution in [2.24, 2.45) is 0 Å². The molecule has 1 aliphatic carbocycles. The second kappa shape index (κ2) is 3.39. The highest BCUT2D eigenvalue weighted by atomic mass is 35.5. The molecule has 2 aromatic carbocycles. The van der Waals surface area contributed by atoms with Crippen LogP contribution in [0.1, 0.15) is 17.5 Å². The molecule has 0 N–H and O–H groups in total. The molecule has 0 aromatic heterocycles. The lowest BCUT2D eigenvalue weighted by Gasteiger charge is -2.11. The van der Waals surface area contributed by atoms with Crippen LogP contribution in [0.4, 0.5) is 0 Å². The van der Waals surface area contributed by atoms with Crippen LogP contribution in [0.25, 0.3) is 16.8 Å². The summed E-state index contributed by atoms with van der Waals surface area (Å²) in [6, 6.07) is 10.6. The molecule has 74 valence electrons. The minimum Gasteiger partial charge on any atom is -0.0843 e. The van der Waals surface area contributed by atoms with Crippen LogP contribution in [0.3, 0.4) is 0 Å². The van der Waals surface area contributed by atoms with E-state index in [1.54, 1.807) is 0 Å². The van der Waals surface area contributed by atoms with Crippen LogP contribution >= 0.6 is 11.6 Å². The summed E-state index contributed by atoms with van der Waals surface area (Å²) >= 11 is 5.99. The molecular weight excluding hydrogens is 204 g/mol. The maximum absolute atomic E-state index is 5.99. The van der Waals surface area contributed by atoms with E-state index in [9.17, 15) is 0 Å². The van der Waals surface area contributed by atoms with Crippen LogP contribution < -0.4 is 0 Å². The molecule has 0 fully saturated rings. The van der Waals surface area contributed by atoms with Crippen molar-refractivity contribution in [1.29, 1.82) is 0 Å². The summed E-state index contributed by atoms with van der Waals surface area (Å²) in [6.45, 7) is 0. The zero-order chi connectivity index (χ0) is 10.3. The fourth-order valence-corrected chi connectivity index (χ4v) is 2.33. The van der Waals surface area contributed by atoms with E-state index in [1.165, 1.54) is 21.9 Å². The van der Waals surface area contributed by atoms with Crippen LogP contribution in [-0.2, 0) is 6.42 Å². The van der Waals surface area contributed by atoms with E-state index in [0.717, 1.165) is 17.9 Å². The molecule has 15 heavy (non-hydrogen) atoms. The quantitative estimate of drug-likeness (QED) is 0.608. The highest BCUT2D eigenvalue weighted by Crippen LogP contribution is 2.27. The molecule has 0 bridgehead atoms. The van der Waals surface area contributed by atoms with Crippen molar-refractivity contribution in [1.82, 2.24) is 0 Å². The van der Waals surface area contributed by atoms with Gasteiger partial charge in [0.15, 0.2) is 0 Å². The van der Waals surface area contributed by atoms with Gasteiger partial charge in [-0.15, -0.1) is 0 Å². The Kier molecular flexibility index (Phi) is 2.03. The first kappa shape index (κ1) is 8.99. The van der Waals surface area contributed by atoms with Gasteiger partial charge in [-0.05, 0) is 52.9 Å². The van der Waals surface area contributed by atoms with E-state index in [-0.39, 0.29) is 0 Å². The molecule has 0 saturated carbocycles. The Bertz CT molecular complexity index is 553. The molecule has 1 heteroatoms. The molecule has 0 amide bonds. The number of allylic oxidation sites excluding steroid dienone is 1. The molecule has 1 aliphatic rings. The number of benzene rings is 2. The van der Waals surface area contributed by atoms with Crippen molar-refractivity contribution >= 4 is 28.4 Å². The normalized spacial score (nSPS) is 14.2. The Balaban J connectivity index is 2.32. The molecule has 0 saturated heterocycles. The number of rotatable bonds is 0. The van der Waals surface area contributed by atoms with E-state index in [0.29, 0.717) is 0 Å². The maximum atomic E-state index is 5.99. The van der Waals surface area contributed by atoms with Gasteiger partial charge in [0.05, 0.1) is 0 Å². The van der Waals surface area contributed by atoms with Gasteiger partial charge in [0.1, 0.15) is 0 Å². The van der Waals surface area contributed by atoms with Gasteiger partial charge in [-0.2, -0.15) is 0 Å². The van der Waals surface area contributed by atoms with Crippen molar-refractivity contribution in [3.05, 3.63) is 52.6 Å². The van der Waals surface area contributed by atoms with Crippen LogP contribution in [0.15, 0.2) is 36.4 Å². The first-order valence-corrected chi connectivity index (χ1v) is 5.59. The minimum atomic E-state index is 0.814. The van der Waals surface area contributed by atoms with Gasteiger partial charge in [-0.1, -0.05) is 35.9 Å². The summed E-state index contributed by atoms with van der Waals surface area (Å²) in [4.78, 5) is 0. The Labute approximate surface area is 94.2 Å². The van der Waals surface area contributed by atoms with Crippen LogP contribution in [0.5, 0.6) is 0 Å². The predicted octanol–water partition coefficient (Wildman–Crippen LogP) is 4.45. The van der Waals surface area contributed by atoms with Gasteiger partial charge in [0.2, 0.25) is 0 Å². The molecule has 0 nitrogen and oxygen atoms in total. The molecule has 0 spiro atoms. The third-order valence-electron chi connectivity index (χ3n) is 2.94. The first-order chi connectivity index (χ1) is 7.33. The van der Waals surface area contributed by atoms with E-state index in [4.69, 9.17) is 11.6 Å². The zero-order valence-electron chi connectivity index (χ0n) is 8.33. The summed E-state index contributed by atoms with van der Waals surface area (Å²) in [7, 11) is 0. The summed E-state index contributed by atoms with van der Waals surface area (Å²) in [5.41, 5.74) is 2.79. The van der Waals surface area contributed by atoms with E-state index in [2.05, 4.69) is 30.4 Å². The highest BCUT2D eigenvalue weighted by Gasteiger charge is 2.06. The maximum Gasteiger partial charge on any atom is 0.0412 e. The second-order valence-electron chi connectivity index (χ2n) is 3.98. The lowest BCUT2D eigenvalue weighted by molar-refractivity contribution is 0.989. The summed E-state index contributed by atoms with van der Waals surface area (Å²) in [6.07, 6.45) is 6.75. The van der Waals surface area contributed by atoms with Gasteiger partial charge in [-0.3, -0.25) is 0 Å². The first-order valence-electron chi connectivity index (χ1n) is 5.22. The Hall–Kier alpha value is -1.27. The van der Waals surface area contributed by atoms with Gasteiger partial charge < -0.3 is 0 Å². The monoisotopic (exact) mass is 214 g/mol. The lowest BCUT2D eigenvalue weighted by atomic mass is 9.94. The SMILES string of the molecule is Clc1ccc2cc3c(cc2c1)CCC=C3. The number of aryl methyl sites for hydroxylation is 1. The summed E-state index contributed by atoms with van der Waals surface area (Å²) < 4.78 is 0. The van der Waals surface area contributed by atoms with E-state index in [1.807, 2.05) is 12.1 Å². The molecule has 0 radical (unpaired) electrons. The van der Waals surface area contributed by atoms with Crippen LogP contribution in [-0.4, -0.2) is 0 Å². The van der Waals surface area contributed by atoms with E-state index < -0.39 is 0 Å². The summed E-state index contributed by atoms with van der Waals surface area (Å²) in [5, 5.41) is 3.33. The molecule has 0 unspecified atom stereocenters. The topological polar surface area (TPSA) is 0 Å². The molecule has 0 heterocycles. The van der Waals surface area contributed by atoms with Crippen LogP contribution in [0, 0.1) is 0 Å². The molecule has 0 atom stereocenters. The van der Waals surface area contributed by atoms with Crippen molar-refractivity contribution in [3.8, 4) is 0 Å². The molecular formula is C14H11Cl. The van der Waals surface area contributed by atoms with E-state index >= 15 is 0 Å². The summed E-state index contributed by atoms with van der Waals surface area (Å²) in [5.74, 6) is 0. The number of hydrogen-bond donors (Lipinski definition) is 0.